The van der Waals surface area contributed by atoms with Gasteiger partial charge in [-0.25, -0.2) is 0 Å². The van der Waals surface area contributed by atoms with Crippen molar-refractivity contribution in [1.29, 1.82) is 0 Å². The van der Waals surface area contributed by atoms with Crippen molar-refractivity contribution in [1.82, 2.24) is 9.47 Å². The Morgan fingerprint density at radius 1 is 1.12 bits per heavy atom. The Labute approximate surface area is 154 Å². The van der Waals surface area contributed by atoms with E-state index in [2.05, 4.69) is 4.90 Å². The highest BCUT2D eigenvalue weighted by atomic mass is 35.5. The Kier molecular flexibility index (Phi) is 5.22. The van der Waals surface area contributed by atoms with Gasteiger partial charge < -0.3 is 9.80 Å². The number of nitro groups is 1. The number of benzene rings is 1. The zero-order valence-corrected chi connectivity index (χ0v) is 14.6. The third-order valence-corrected chi connectivity index (χ3v) is 4.63. The molecule has 0 unspecified atom stereocenters. The van der Waals surface area contributed by atoms with Gasteiger partial charge in [-0.2, -0.15) is 0 Å². The van der Waals surface area contributed by atoms with Crippen LogP contribution in [0.1, 0.15) is 0 Å². The average Bonchev–Trinajstić information content (AvgIpc) is 2.64. The largest absolute Gasteiger partial charge is 0.367 e. The van der Waals surface area contributed by atoms with Crippen molar-refractivity contribution in [2.75, 3.05) is 31.1 Å². The highest BCUT2D eigenvalue weighted by Gasteiger charge is 2.23. The fourth-order valence-electron chi connectivity index (χ4n) is 2.90. The van der Waals surface area contributed by atoms with Crippen LogP contribution in [0.4, 0.5) is 11.4 Å². The number of hydrogen-bond donors (Lipinski definition) is 0. The average molecular weight is 377 g/mol. The molecule has 2 aromatic rings. The second-order valence-corrected chi connectivity index (χ2v) is 6.34. The van der Waals surface area contributed by atoms with Gasteiger partial charge in [0.15, 0.2) is 0 Å². The molecule has 1 amide bonds. The first-order chi connectivity index (χ1) is 12.5. The first kappa shape index (κ1) is 17.9. The topological polar surface area (TPSA) is 88.7 Å². The minimum Gasteiger partial charge on any atom is -0.367 e. The van der Waals surface area contributed by atoms with Gasteiger partial charge in [0.25, 0.3) is 11.2 Å². The van der Waals surface area contributed by atoms with Crippen LogP contribution in [0.15, 0.2) is 47.4 Å². The van der Waals surface area contributed by atoms with Crippen LogP contribution < -0.4 is 10.5 Å². The molecule has 0 bridgehead atoms. The van der Waals surface area contributed by atoms with E-state index in [-0.39, 0.29) is 18.1 Å². The van der Waals surface area contributed by atoms with E-state index in [9.17, 15) is 19.7 Å². The Morgan fingerprint density at radius 2 is 1.81 bits per heavy atom. The maximum absolute atomic E-state index is 12.5. The number of rotatable bonds is 4. The molecule has 2 heterocycles. The van der Waals surface area contributed by atoms with E-state index in [1.165, 1.54) is 0 Å². The predicted octanol–water partition coefficient (Wildman–Crippen LogP) is 1.76. The molecule has 1 saturated heterocycles. The normalized spacial score (nSPS) is 14.3. The van der Waals surface area contributed by atoms with Crippen LogP contribution in [-0.2, 0) is 11.3 Å². The number of nitrogens with zero attached hydrogens (tertiary/aromatic N) is 4. The van der Waals surface area contributed by atoms with Crippen LogP contribution in [0.3, 0.4) is 0 Å². The molecular weight excluding hydrogens is 360 g/mol. The first-order valence-corrected chi connectivity index (χ1v) is 8.45. The molecule has 9 heteroatoms. The lowest BCUT2D eigenvalue weighted by Gasteiger charge is -2.36. The highest BCUT2D eigenvalue weighted by molar-refractivity contribution is 6.33. The standard InChI is InChI=1S/C17H17ClN4O4/c18-14-3-1-2-4-15(14)19-7-9-20(10-8-19)17(24)12-21-11-13(22(25)26)5-6-16(21)23/h1-6,11H,7-10,12H2. The van der Waals surface area contributed by atoms with Gasteiger partial charge in [0.2, 0.25) is 5.91 Å². The molecule has 136 valence electrons. The summed E-state index contributed by atoms with van der Waals surface area (Å²) in [5.41, 5.74) is 0.260. The molecule has 0 aliphatic carbocycles. The Morgan fingerprint density at radius 3 is 2.46 bits per heavy atom. The predicted molar refractivity (Wildman–Crippen MR) is 97.6 cm³/mol. The molecule has 0 N–H and O–H groups in total. The third-order valence-electron chi connectivity index (χ3n) is 4.31. The smallest absolute Gasteiger partial charge is 0.285 e. The van der Waals surface area contributed by atoms with E-state index in [0.717, 1.165) is 28.6 Å². The molecule has 1 fully saturated rings. The van der Waals surface area contributed by atoms with Gasteiger partial charge in [-0.1, -0.05) is 23.7 Å². The molecule has 3 rings (SSSR count). The molecule has 8 nitrogen and oxygen atoms in total. The molecule has 1 aliphatic heterocycles. The minimum atomic E-state index is -0.594. The summed E-state index contributed by atoms with van der Waals surface area (Å²) in [6.45, 7) is 2.02. The van der Waals surface area contributed by atoms with Crippen molar-refractivity contribution in [3.63, 3.8) is 0 Å². The summed E-state index contributed by atoms with van der Waals surface area (Å²) in [6.07, 6.45) is 1.10. The van der Waals surface area contributed by atoms with Gasteiger partial charge in [-0.15, -0.1) is 0 Å². The summed E-state index contributed by atoms with van der Waals surface area (Å²) in [5.74, 6) is -0.244. The van der Waals surface area contributed by atoms with E-state index >= 15 is 0 Å². The monoisotopic (exact) mass is 376 g/mol. The fraction of sp³-hybridized carbons (Fsp3) is 0.294. The van der Waals surface area contributed by atoms with Gasteiger partial charge in [-0.3, -0.25) is 24.3 Å². The van der Waals surface area contributed by atoms with Crippen LogP contribution >= 0.6 is 11.6 Å². The summed E-state index contributed by atoms with van der Waals surface area (Å²) in [4.78, 5) is 38.3. The Balaban J connectivity index is 1.64. The van der Waals surface area contributed by atoms with E-state index in [1.807, 2.05) is 24.3 Å². The second-order valence-electron chi connectivity index (χ2n) is 5.93. The van der Waals surface area contributed by atoms with E-state index in [0.29, 0.717) is 31.2 Å². The van der Waals surface area contributed by atoms with E-state index in [1.54, 1.807) is 4.90 Å². The third kappa shape index (κ3) is 3.85. The lowest BCUT2D eigenvalue weighted by Crippen LogP contribution is -2.50. The number of halogens is 1. The van der Waals surface area contributed by atoms with Crippen molar-refractivity contribution in [2.24, 2.45) is 0 Å². The summed E-state index contributed by atoms with van der Waals surface area (Å²) in [7, 11) is 0. The molecule has 0 spiro atoms. The number of pyridine rings is 1. The number of carbonyl (C=O) groups excluding carboxylic acids is 1. The lowest BCUT2D eigenvalue weighted by molar-refractivity contribution is -0.385. The molecular formula is C17H17ClN4O4. The van der Waals surface area contributed by atoms with Gasteiger partial charge in [-0.05, 0) is 12.1 Å². The van der Waals surface area contributed by atoms with Crippen LogP contribution in [-0.4, -0.2) is 46.5 Å². The highest BCUT2D eigenvalue weighted by Crippen LogP contribution is 2.26. The van der Waals surface area contributed by atoms with E-state index < -0.39 is 10.5 Å². The molecule has 1 aromatic heterocycles. The quantitative estimate of drug-likeness (QED) is 0.599. The van der Waals surface area contributed by atoms with Gasteiger partial charge in [0, 0.05) is 38.3 Å². The van der Waals surface area contributed by atoms with Gasteiger partial charge in [0.05, 0.1) is 21.8 Å². The number of hydrogen-bond acceptors (Lipinski definition) is 5. The summed E-state index contributed by atoms with van der Waals surface area (Å²) < 4.78 is 1.07. The molecule has 0 saturated carbocycles. The van der Waals surface area contributed by atoms with Gasteiger partial charge >= 0.3 is 0 Å². The van der Waals surface area contributed by atoms with Gasteiger partial charge in [0.1, 0.15) is 6.54 Å². The molecule has 1 aromatic carbocycles. The summed E-state index contributed by atoms with van der Waals surface area (Å²) in [6, 6.07) is 9.76. The number of anilines is 1. The van der Waals surface area contributed by atoms with Crippen LogP contribution in [0.2, 0.25) is 5.02 Å². The maximum Gasteiger partial charge on any atom is 0.285 e. The number of carbonyl (C=O) groups is 1. The number of amides is 1. The van der Waals surface area contributed by atoms with Crippen molar-refractivity contribution < 1.29 is 9.72 Å². The van der Waals surface area contributed by atoms with Crippen molar-refractivity contribution >= 4 is 28.9 Å². The summed E-state index contributed by atoms with van der Waals surface area (Å²) in [5, 5.41) is 11.5. The zero-order chi connectivity index (χ0) is 18.7. The fourth-order valence-corrected chi connectivity index (χ4v) is 3.16. The van der Waals surface area contributed by atoms with Crippen LogP contribution in [0.25, 0.3) is 0 Å². The Hall–Kier alpha value is -2.87. The summed E-state index contributed by atoms with van der Waals surface area (Å²) >= 11 is 6.21. The SMILES string of the molecule is O=C(Cn1cc([N+](=O)[O-])ccc1=O)N1CCN(c2ccccc2Cl)CC1. The van der Waals surface area contributed by atoms with Crippen molar-refractivity contribution in [3.05, 3.63) is 68.1 Å². The number of piperazine rings is 1. The van der Waals surface area contributed by atoms with Crippen molar-refractivity contribution in [2.45, 2.75) is 6.54 Å². The number of aromatic nitrogens is 1. The maximum atomic E-state index is 12.5. The van der Waals surface area contributed by atoms with Crippen LogP contribution in [0, 0.1) is 10.1 Å². The first-order valence-electron chi connectivity index (χ1n) is 8.08. The molecule has 0 atom stereocenters. The van der Waals surface area contributed by atoms with E-state index in [4.69, 9.17) is 11.6 Å². The second kappa shape index (κ2) is 7.57. The number of para-hydroxylation sites is 1. The molecule has 1 aliphatic rings. The molecule has 26 heavy (non-hydrogen) atoms. The lowest BCUT2D eigenvalue weighted by atomic mass is 10.2. The van der Waals surface area contributed by atoms with Crippen LogP contribution in [0.5, 0.6) is 0 Å². The zero-order valence-electron chi connectivity index (χ0n) is 13.9. The van der Waals surface area contributed by atoms with Crippen molar-refractivity contribution in [3.8, 4) is 0 Å². The minimum absolute atomic E-state index is 0.216. The molecule has 0 radical (unpaired) electrons. The Bertz CT molecular complexity index is 890.